The van der Waals surface area contributed by atoms with Crippen molar-refractivity contribution in [2.45, 2.75) is 11.3 Å². The van der Waals surface area contributed by atoms with Gasteiger partial charge in [-0.1, -0.05) is 39.8 Å². The third-order valence-electron chi connectivity index (χ3n) is 4.20. The molecular weight excluding hydrogens is 495 g/mol. The highest BCUT2D eigenvalue weighted by atomic mass is 79.9. The zero-order valence-corrected chi connectivity index (χ0v) is 18.0. The molecule has 31 heavy (non-hydrogen) atoms. The van der Waals surface area contributed by atoms with Crippen LogP contribution in [-0.2, 0) is 11.0 Å². The predicted molar refractivity (Wildman–Crippen MR) is 115 cm³/mol. The van der Waals surface area contributed by atoms with E-state index in [1.807, 2.05) is 30.3 Å². The van der Waals surface area contributed by atoms with Gasteiger partial charge in [0.15, 0.2) is 5.65 Å². The summed E-state index contributed by atoms with van der Waals surface area (Å²) in [5.41, 5.74) is 1.67. The molecule has 11 heteroatoms. The number of thioether (sulfide) groups is 1. The molecule has 158 valence electrons. The lowest BCUT2D eigenvalue weighted by Gasteiger charge is -2.08. The third kappa shape index (κ3) is 5.05. The topological polar surface area (TPSA) is 72.2 Å². The summed E-state index contributed by atoms with van der Waals surface area (Å²) in [6, 6.07) is 15.5. The van der Waals surface area contributed by atoms with Gasteiger partial charge in [-0.25, -0.2) is 0 Å². The molecule has 1 N–H and O–H groups in total. The number of aromatic nitrogens is 4. The number of anilines is 1. The van der Waals surface area contributed by atoms with Crippen LogP contribution in [0.5, 0.6) is 0 Å². The Labute approximate surface area is 187 Å². The van der Waals surface area contributed by atoms with E-state index in [9.17, 15) is 18.0 Å². The van der Waals surface area contributed by atoms with Crippen LogP contribution in [0.3, 0.4) is 0 Å². The molecule has 0 saturated heterocycles. The highest BCUT2D eigenvalue weighted by Gasteiger charge is 2.30. The van der Waals surface area contributed by atoms with Gasteiger partial charge in [0.25, 0.3) is 0 Å². The van der Waals surface area contributed by atoms with E-state index < -0.39 is 11.7 Å². The van der Waals surface area contributed by atoms with Crippen LogP contribution < -0.4 is 5.32 Å². The molecule has 2 heterocycles. The minimum Gasteiger partial charge on any atom is -0.325 e. The van der Waals surface area contributed by atoms with Gasteiger partial charge in [0.2, 0.25) is 11.1 Å². The van der Waals surface area contributed by atoms with Crippen molar-refractivity contribution in [2.75, 3.05) is 11.1 Å². The van der Waals surface area contributed by atoms with E-state index >= 15 is 0 Å². The number of fused-ring (bicyclic) bond motifs is 1. The van der Waals surface area contributed by atoms with Gasteiger partial charge >= 0.3 is 6.18 Å². The molecule has 0 aliphatic carbocycles. The summed E-state index contributed by atoms with van der Waals surface area (Å²) in [7, 11) is 0. The largest absolute Gasteiger partial charge is 0.416 e. The van der Waals surface area contributed by atoms with Gasteiger partial charge in [0, 0.05) is 15.7 Å². The standard InChI is InChI=1S/C20H13BrF3N5OS/c21-14-5-1-12(2-6-14)16-9-10-17-26-27-19(29(17)28-16)31-11-18(30)25-15-7-3-13(4-8-15)20(22,23)24/h1-10H,11H2,(H,25,30). The zero-order valence-electron chi connectivity index (χ0n) is 15.6. The van der Waals surface area contributed by atoms with Gasteiger partial charge in [-0.3, -0.25) is 4.79 Å². The lowest BCUT2D eigenvalue weighted by Crippen LogP contribution is -2.14. The van der Waals surface area contributed by atoms with Crippen molar-refractivity contribution in [3.05, 3.63) is 70.7 Å². The minimum absolute atomic E-state index is 0.00793. The zero-order chi connectivity index (χ0) is 22.0. The lowest BCUT2D eigenvalue weighted by atomic mass is 10.1. The van der Waals surface area contributed by atoms with Crippen molar-refractivity contribution in [1.29, 1.82) is 0 Å². The Morgan fingerprint density at radius 1 is 1.00 bits per heavy atom. The van der Waals surface area contributed by atoms with Crippen molar-refractivity contribution in [3.63, 3.8) is 0 Å². The highest BCUT2D eigenvalue weighted by Crippen LogP contribution is 2.30. The number of hydrogen-bond acceptors (Lipinski definition) is 5. The number of alkyl halides is 3. The Bertz CT molecular complexity index is 1230. The lowest BCUT2D eigenvalue weighted by molar-refractivity contribution is -0.137. The van der Waals surface area contributed by atoms with Crippen molar-refractivity contribution in [2.24, 2.45) is 0 Å². The Kier molecular flexibility index (Phi) is 5.96. The third-order valence-corrected chi connectivity index (χ3v) is 5.65. The number of rotatable bonds is 5. The maximum atomic E-state index is 12.6. The number of carbonyl (C=O) groups excluding carboxylic acids is 1. The molecule has 0 radical (unpaired) electrons. The second kappa shape index (κ2) is 8.67. The molecule has 4 aromatic rings. The number of amides is 1. The van der Waals surface area contributed by atoms with E-state index in [1.165, 1.54) is 12.1 Å². The number of halogens is 4. The van der Waals surface area contributed by atoms with E-state index in [-0.39, 0.29) is 17.3 Å². The summed E-state index contributed by atoms with van der Waals surface area (Å²) >= 11 is 4.52. The number of carbonyl (C=O) groups is 1. The molecule has 0 aliphatic rings. The number of nitrogens with zero attached hydrogens (tertiary/aromatic N) is 4. The van der Waals surface area contributed by atoms with Gasteiger partial charge in [0.05, 0.1) is 17.0 Å². The maximum Gasteiger partial charge on any atom is 0.416 e. The van der Waals surface area contributed by atoms with Crippen LogP contribution in [0, 0.1) is 0 Å². The van der Waals surface area contributed by atoms with E-state index in [4.69, 9.17) is 0 Å². The summed E-state index contributed by atoms with van der Waals surface area (Å²) in [6.07, 6.45) is -4.42. The fraction of sp³-hybridized carbons (Fsp3) is 0.100. The highest BCUT2D eigenvalue weighted by molar-refractivity contribution is 9.10. The van der Waals surface area contributed by atoms with Crippen LogP contribution in [0.2, 0.25) is 0 Å². The number of hydrogen-bond donors (Lipinski definition) is 1. The van der Waals surface area contributed by atoms with Crippen molar-refractivity contribution < 1.29 is 18.0 Å². The van der Waals surface area contributed by atoms with Gasteiger partial charge in [0.1, 0.15) is 0 Å². The molecule has 6 nitrogen and oxygen atoms in total. The normalized spacial score (nSPS) is 11.6. The fourth-order valence-corrected chi connectivity index (χ4v) is 3.66. The average Bonchev–Trinajstić information content (AvgIpc) is 3.15. The number of benzene rings is 2. The summed E-state index contributed by atoms with van der Waals surface area (Å²) in [6.45, 7) is 0. The van der Waals surface area contributed by atoms with Crippen molar-refractivity contribution >= 4 is 44.9 Å². The first-order valence-electron chi connectivity index (χ1n) is 8.88. The summed E-state index contributed by atoms with van der Waals surface area (Å²) < 4.78 is 40.4. The van der Waals surface area contributed by atoms with Crippen LogP contribution in [-0.4, -0.2) is 31.5 Å². The Morgan fingerprint density at radius 2 is 1.71 bits per heavy atom. The first-order valence-corrected chi connectivity index (χ1v) is 10.7. The smallest absolute Gasteiger partial charge is 0.325 e. The van der Waals surface area contributed by atoms with E-state index in [0.29, 0.717) is 10.8 Å². The monoisotopic (exact) mass is 507 g/mol. The first-order chi connectivity index (χ1) is 14.8. The Hall–Kier alpha value is -2.92. The van der Waals surface area contributed by atoms with Crippen LogP contribution in [0.25, 0.3) is 16.9 Å². The van der Waals surface area contributed by atoms with Gasteiger partial charge in [-0.05, 0) is 48.5 Å². The van der Waals surface area contributed by atoms with E-state index in [1.54, 1.807) is 10.6 Å². The predicted octanol–water partition coefficient (Wildman–Crippen LogP) is 5.30. The van der Waals surface area contributed by atoms with Gasteiger partial charge in [-0.15, -0.1) is 10.2 Å². The van der Waals surface area contributed by atoms with Gasteiger partial charge < -0.3 is 5.32 Å². The molecule has 0 unspecified atom stereocenters. The molecule has 0 atom stereocenters. The van der Waals surface area contributed by atoms with Crippen molar-refractivity contribution in [1.82, 2.24) is 19.8 Å². The molecule has 2 aromatic heterocycles. The minimum atomic E-state index is -4.42. The molecular formula is C20H13BrF3N5OS. The molecule has 2 aromatic carbocycles. The van der Waals surface area contributed by atoms with Gasteiger partial charge in [-0.2, -0.15) is 22.8 Å². The van der Waals surface area contributed by atoms with Crippen LogP contribution in [0.15, 0.2) is 70.3 Å². The summed E-state index contributed by atoms with van der Waals surface area (Å²) in [4.78, 5) is 12.2. The molecule has 0 saturated carbocycles. The SMILES string of the molecule is O=C(CSc1nnc2ccc(-c3ccc(Br)cc3)nn12)Nc1ccc(C(F)(F)F)cc1. The summed E-state index contributed by atoms with van der Waals surface area (Å²) in [5, 5.41) is 15.6. The van der Waals surface area contributed by atoms with E-state index in [2.05, 4.69) is 36.5 Å². The molecule has 4 rings (SSSR count). The molecule has 0 spiro atoms. The average molecular weight is 508 g/mol. The van der Waals surface area contributed by atoms with Crippen LogP contribution in [0.1, 0.15) is 5.56 Å². The molecule has 0 aliphatic heterocycles. The van der Waals surface area contributed by atoms with E-state index in [0.717, 1.165) is 39.6 Å². The second-order valence-corrected chi connectivity index (χ2v) is 8.25. The Morgan fingerprint density at radius 3 is 2.39 bits per heavy atom. The Balaban J connectivity index is 1.44. The first kappa shape index (κ1) is 21.3. The van der Waals surface area contributed by atoms with Crippen LogP contribution in [0.4, 0.5) is 18.9 Å². The summed E-state index contributed by atoms with van der Waals surface area (Å²) in [5.74, 6) is -0.392. The number of nitrogens with one attached hydrogen (secondary N) is 1. The maximum absolute atomic E-state index is 12.6. The quantitative estimate of drug-likeness (QED) is 0.371. The van der Waals surface area contributed by atoms with Crippen molar-refractivity contribution in [3.8, 4) is 11.3 Å². The van der Waals surface area contributed by atoms with Crippen LogP contribution >= 0.6 is 27.7 Å². The molecule has 1 amide bonds. The molecule has 0 bridgehead atoms. The molecule has 0 fully saturated rings. The fourth-order valence-electron chi connectivity index (χ4n) is 2.70. The second-order valence-electron chi connectivity index (χ2n) is 6.39.